The summed E-state index contributed by atoms with van der Waals surface area (Å²) in [5, 5.41) is 21.8. The molecule has 2 aromatic carbocycles. The molecule has 4 heteroatoms. The number of halogens is 2. The van der Waals surface area contributed by atoms with Gasteiger partial charge in [0.05, 0.1) is 5.92 Å². The molecule has 0 aliphatic heterocycles. The van der Waals surface area contributed by atoms with Crippen LogP contribution in [0, 0.1) is 13.8 Å². The third-order valence-corrected chi connectivity index (χ3v) is 5.11. The first kappa shape index (κ1) is 22.2. The van der Waals surface area contributed by atoms with Gasteiger partial charge in [-0.1, -0.05) is 76.9 Å². The smallest absolute Gasteiger partial charge is 0.249 e. The van der Waals surface area contributed by atoms with Crippen molar-refractivity contribution in [3.05, 3.63) is 57.6 Å². The van der Waals surface area contributed by atoms with Gasteiger partial charge in [-0.25, -0.2) is 8.78 Å². The van der Waals surface area contributed by atoms with Crippen molar-refractivity contribution < 1.29 is 19.0 Å². The molecular weight excluding hydrogens is 358 g/mol. The van der Waals surface area contributed by atoms with Gasteiger partial charge < -0.3 is 10.2 Å². The number of hydrogen-bond donors (Lipinski definition) is 2. The van der Waals surface area contributed by atoms with Gasteiger partial charge >= 0.3 is 0 Å². The van der Waals surface area contributed by atoms with E-state index in [0.717, 1.165) is 11.1 Å². The van der Waals surface area contributed by atoms with Crippen molar-refractivity contribution in [3.8, 4) is 11.5 Å². The number of phenols is 2. The highest BCUT2D eigenvalue weighted by atomic mass is 19.3. The number of phenolic OH excluding ortho intramolecular Hbond substituents is 2. The lowest BCUT2D eigenvalue weighted by atomic mass is 9.78. The summed E-state index contributed by atoms with van der Waals surface area (Å²) in [5.41, 5.74) is 2.35. The van der Waals surface area contributed by atoms with E-state index in [2.05, 4.69) is 0 Å². The largest absolute Gasteiger partial charge is 0.507 e. The zero-order valence-corrected chi connectivity index (χ0v) is 18.1. The molecule has 0 atom stereocenters. The van der Waals surface area contributed by atoms with Crippen molar-refractivity contribution in [2.24, 2.45) is 0 Å². The number of benzene rings is 2. The molecule has 0 unspecified atom stereocenters. The maximum atomic E-state index is 14.3. The van der Waals surface area contributed by atoms with E-state index in [0.29, 0.717) is 11.1 Å². The van der Waals surface area contributed by atoms with Crippen molar-refractivity contribution in [1.29, 1.82) is 0 Å². The summed E-state index contributed by atoms with van der Waals surface area (Å²) in [5.74, 6) is -1.66. The second-order valence-corrected chi connectivity index (χ2v) is 9.81. The molecule has 0 aliphatic rings. The maximum Gasteiger partial charge on any atom is 0.249 e. The summed E-state index contributed by atoms with van der Waals surface area (Å²) in [4.78, 5) is 0. The summed E-state index contributed by atoms with van der Waals surface area (Å²) >= 11 is 0. The Bertz CT molecular complexity index is 802. The molecule has 0 spiro atoms. The van der Waals surface area contributed by atoms with Gasteiger partial charge in [-0.2, -0.15) is 0 Å². The molecule has 0 bridgehead atoms. The lowest BCUT2D eigenvalue weighted by Crippen LogP contribution is -2.18. The van der Waals surface area contributed by atoms with Crippen LogP contribution in [0.3, 0.4) is 0 Å². The van der Waals surface area contributed by atoms with Gasteiger partial charge in [-0.15, -0.1) is 0 Å². The molecule has 154 valence electrons. The van der Waals surface area contributed by atoms with Crippen molar-refractivity contribution in [2.45, 2.75) is 78.6 Å². The second kappa shape index (κ2) is 7.38. The van der Waals surface area contributed by atoms with E-state index in [1.807, 2.05) is 67.5 Å². The third kappa shape index (κ3) is 4.31. The van der Waals surface area contributed by atoms with Crippen molar-refractivity contribution in [1.82, 2.24) is 0 Å². The molecule has 0 fully saturated rings. The molecule has 0 saturated carbocycles. The monoisotopic (exact) mass is 390 g/mol. The molecule has 0 radical (unpaired) electrons. The van der Waals surface area contributed by atoms with E-state index in [1.54, 1.807) is 12.1 Å². The Morgan fingerprint density at radius 1 is 0.679 bits per heavy atom. The van der Waals surface area contributed by atoms with E-state index in [4.69, 9.17) is 0 Å². The molecule has 0 saturated heterocycles. The number of aryl methyl sites for hydroxylation is 2. The second-order valence-electron chi connectivity index (χ2n) is 9.81. The minimum Gasteiger partial charge on any atom is -0.507 e. The maximum absolute atomic E-state index is 14.3. The molecule has 0 heterocycles. The highest BCUT2D eigenvalue weighted by Crippen LogP contribution is 2.46. The zero-order valence-electron chi connectivity index (χ0n) is 18.1. The number of hydrogen-bond acceptors (Lipinski definition) is 2. The van der Waals surface area contributed by atoms with Crippen molar-refractivity contribution in [3.63, 3.8) is 0 Å². The Kier molecular flexibility index (Phi) is 5.85. The van der Waals surface area contributed by atoms with Gasteiger partial charge in [0, 0.05) is 11.1 Å². The standard InChI is InChI=1S/C24H32F2O2/c1-13-9-15(20(27)17(11-13)23(3,4)5)19(22(25)26)16-10-14(2)12-18(21(16)28)24(6,7)8/h9-12,19,22,27-28H,1-8H3. The summed E-state index contributed by atoms with van der Waals surface area (Å²) in [6.07, 6.45) is -2.78. The molecule has 2 rings (SSSR count). The average molecular weight is 391 g/mol. The Labute approximate surface area is 167 Å². The van der Waals surface area contributed by atoms with Crippen LogP contribution < -0.4 is 0 Å². The van der Waals surface area contributed by atoms with Crippen LogP contribution in [-0.2, 0) is 10.8 Å². The summed E-state index contributed by atoms with van der Waals surface area (Å²) < 4.78 is 28.7. The fourth-order valence-corrected chi connectivity index (χ4v) is 3.67. The predicted octanol–water partition coefficient (Wildman–Crippen LogP) is 6.71. The summed E-state index contributed by atoms with van der Waals surface area (Å²) in [6.45, 7) is 15.3. The highest BCUT2D eigenvalue weighted by molar-refractivity contribution is 5.56. The fourth-order valence-electron chi connectivity index (χ4n) is 3.67. The molecule has 2 N–H and O–H groups in total. The van der Waals surface area contributed by atoms with Crippen LogP contribution >= 0.6 is 0 Å². The first-order valence-corrected chi connectivity index (χ1v) is 9.60. The van der Waals surface area contributed by atoms with Gasteiger partial charge in [-0.3, -0.25) is 0 Å². The molecule has 28 heavy (non-hydrogen) atoms. The summed E-state index contributed by atoms with van der Waals surface area (Å²) in [7, 11) is 0. The fraction of sp³-hybridized carbons (Fsp3) is 0.500. The minimum atomic E-state index is -2.78. The Balaban J connectivity index is 2.84. The van der Waals surface area contributed by atoms with Gasteiger partial charge in [0.25, 0.3) is 0 Å². The van der Waals surface area contributed by atoms with E-state index in [1.165, 1.54) is 0 Å². The zero-order chi connectivity index (χ0) is 21.6. The molecule has 0 aromatic heterocycles. The van der Waals surface area contributed by atoms with Gasteiger partial charge in [0.15, 0.2) is 0 Å². The molecule has 2 aromatic rings. The third-order valence-electron chi connectivity index (χ3n) is 5.11. The highest BCUT2D eigenvalue weighted by Gasteiger charge is 2.34. The first-order valence-electron chi connectivity index (χ1n) is 9.60. The van der Waals surface area contributed by atoms with E-state index in [9.17, 15) is 19.0 Å². The van der Waals surface area contributed by atoms with Crippen LogP contribution in [0.25, 0.3) is 0 Å². The average Bonchev–Trinajstić information content (AvgIpc) is 2.51. The van der Waals surface area contributed by atoms with Crippen LogP contribution in [0.2, 0.25) is 0 Å². The topological polar surface area (TPSA) is 40.5 Å². The molecule has 0 aliphatic carbocycles. The number of rotatable bonds is 3. The number of aromatic hydroxyl groups is 2. The predicted molar refractivity (Wildman–Crippen MR) is 111 cm³/mol. The van der Waals surface area contributed by atoms with Crippen LogP contribution in [0.5, 0.6) is 11.5 Å². The SMILES string of the molecule is Cc1cc(C(c2cc(C)cc(C(C)(C)C)c2O)C(F)F)c(O)c(C(C)(C)C)c1. The van der Waals surface area contributed by atoms with Crippen LogP contribution in [0.1, 0.15) is 80.8 Å². The van der Waals surface area contributed by atoms with Crippen LogP contribution in [-0.4, -0.2) is 16.6 Å². The Morgan fingerprint density at radius 3 is 1.25 bits per heavy atom. The lowest BCUT2D eigenvalue weighted by Gasteiger charge is -2.28. The van der Waals surface area contributed by atoms with Gasteiger partial charge in [-0.05, 0) is 35.8 Å². The number of alkyl halides is 2. The van der Waals surface area contributed by atoms with Crippen LogP contribution in [0.4, 0.5) is 8.78 Å². The van der Waals surface area contributed by atoms with Crippen molar-refractivity contribution >= 4 is 0 Å². The molecular formula is C24H32F2O2. The quantitative estimate of drug-likeness (QED) is 0.612. The van der Waals surface area contributed by atoms with E-state index in [-0.39, 0.29) is 22.6 Å². The summed E-state index contributed by atoms with van der Waals surface area (Å²) in [6, 6.07) is 6.86. The minimum absolute atomic E-state index is 0.124. The molecule has 2 nitrogen and oxygen atoms in total. The molecule has 0 amide bonds. The first-order chi connectivity index (χ1) is 12.6. The Morgan fingerprint density at radius 2 is 1.00 bits per heavy atom. The Hall–Kier alpha value is -2.10. The van der Waals surface area contributed by atoms with Crippen molar-refractivity contribution in [2.75, 3.05) is 0 Å². The van der Waals surface area contributed by atoms with Gasteiger partial charge in [0.2, 0.25) is 6.43 Å². The van der Waals surface area contributed by atoms with Gasteiger partial charge in [0.1, 0.15) is 11.5 Å². The normalized spacial score (nSPS) is 12.9. The van der Waals surface area contributed by atoms with Crippen LogP contribution in [0.15, 0.2) is 24.3 Å². The van der Waals surface area contributed by atoms with E-state index >= 15 is 0 Å². The lowest BCUT2D eigenvalue weighted by molar-refractivity contribution is 0.126. The van der Waals surface area contributed by atoms with E-state index < -0.39 is 23.2 Å².